The first-order chi connectivity index (χ1) is 15.5. The molecule has 1 amide bonds. The van der Waals surface area contributed by atoms with Gasteiger partial charge in [-0.2, -0.15) is 0 Å². The number of carbonyl (C=O) groups excluding carboxylic acids is 1. The molecule has 3 N–H and O–H groups in total. The smallest absolute Gasteiger partial charge is 0.254 e. The Morgan fingerprint density at radius 1 is 1.12 bits per heavy atom. The Morgan fingerprint density at radius 3 is 2.39 bits per heavy atom. The van der Waals surface area contributed by atoms with Crippen LogP contribution in [-0.4, -0.2) is 5.91 Å². The summed E-state index contributed by atoms with van der Waals surface area (Å²) < 4.78 is 20.7. The monoisotopic (exact) mass is 453 g/mol. The number of rotatable bonds is 7. The van der Waals surface area contributed by atoms with Gasteiger partial charge < -0.3 is 20.4 Å². The number of furan rings is 1. The Morgan fingerprint density at radius 2 is 1.79 bits per heavy atom. The summed E-state index contributed by atoms with van der Waals surface area (Å²) in [6, 6.07) is 4.01. The number of fused-ring (bicyclic) bond motifs is 1. The van der Waals surface area contributed by atoms with Crippen LogP contribution in [0.2, 0.25) is 0 Å². The van der Waals surface area contributed by atoms with E-state index in [4.69, 9.17) is 4.42 Å². The van der Waals surface area contributed by atoms with Gasteiger partial charge in [0.05, 0.1) is 23.3 Å². The minimum absolute atomic E-state index is 0.0571. The molecular formula is C25H28FN3O4. The Hall–Kier alpha value is -3.42. The molecule has 8 heteroatoms. The number of aryl methyl sites for hydroxylation is 2. The Kier molecular flexibility index (Phi) is 5.42. The Labute approximate surface area is 191 Å². The average molecular weight is 454 g/mol. The summed E-state index contributed by atoms with van der Waals surface area (Å²) in [5.74, 6) is 0.309. The topological polar surface area (TPSA) is 100 Å². The van der Waals surface area contributed by atoms with Gasteiger partial charge in [0.1, 0.15) is 28.7 Å². The third-order valence-corrected chi connectivity index (χ3v) is 6.84. The van der Waals surface area contributed by atoms with E-state index in [2.05, 4.69) is 16.0 Å². The summed E-state index contributed by atoms with van der Waals surface area (Å²) >= 11 is 0. The summed E-state index contributed by atoms with van der Waals surface area (Å²) in [5, 5.41) is 8.68. The summed E-state index contributed by atoms with van der Waals surface area (Å²) in [6.07, 6.45) is 0.764. The maximum Gasteiger partial charge on any atom is 0.254 e. The molecule has 2 atom stereocenters. The molecule has 3 aromatic rings. The van der Waals surface area contributed by atoms with Crippen LogP contribution >= 0.6 is 0 Å². The maximum atomic E-state index is 14.7. The largest absolute Gasteiger partial charge is 0.464 e. The van der Waals surface area contributed by atoms with Crippen molar-refractivity contribution >= 4 is 23.0 Å². The first kappa shape index (κ1) is 22.8. The van der Waals surface area contributed by atoms with E-state index in [1.54, 1.807) is 13.0 Å². The summed E-state index contributed by atoms with van der Waals surface area (Å²) in [4.78, 5) is 37.4. The van der Waals surface area contributed by atoms with E-state index in [9.17, 15) is 18.8 Å². The first-order valence-corrected chi connectivity index (χ1v) is 11.0. The molecule has 0 saturated carbocycles. The first-order valence-electron chi connectivity index (χ1n) is 11.0. The lowest BCUT2D eigenvalue weighted by molar-refractivity contribution is 0.0959. The van der Waals surface area contributed by atoms with E-state index >= 15 is 0 Å². The highest BCUT2D eigenvalue weighted by molar-refractivity contribution is 6.05. The second-order valence-corrected chi connectivity index (χ2v) is 9.42. The van der Waals surface area contributed by atoms with Crippen LogP contribution in [0.25, 0.3) is 0 Å². The lowest BCUT2D eigenvalue weighted by Crippen LogP contribution is -2.40. The fraction of sp³-hybridized carbons (Fsp3) is 0.400. The van der Waals surface area contributed by atoms with Gasteiger partial charge in [-0.25, -0.2) is 4.39 Å². The molecule has 33 heavy (non-hydrogen) atoms. The van der Waals surface area contributed by atoms with Crippen molar-refractivity contribution in [1.29, 1.82) is 0 Å². The van der Waals surface area contributed by atoms with Crippen LogP contribution in [0.1, 0.15) is 79.2 Å². The number of anilines is 3. The molecule has 0 aliphatic carbocycles. The van der Waals surface area contributed by atoms with Crippen LogP contribution in [0, 0.1) is 25.1 Å². The van der Waals surface area contributed by atoms with E-state index < -0.39 is 28.6 Å². The fourth-order valence-electron chi connectivity index (χ4n) is 4.19. The predicted molar refractivity (Wildman–Crippen MR) is 126 cm³/mol. The van der Waals surface area contributed by atoms with Crippen LogP contribution < -0.4 is 26.8 Å². The van der Waals surface area contributed by atoms with Crippen molar-refractivity contribution in [2.45, 2.75) is 60.0 Å². The Bertz CT molecular complexity index is 1310. The third-order valence-electron chi connectivity index (χ3n) is 6.84. The van der Waals surface area contributed by atoms with Gasteiger partial charge in [-0.05, 0) is 55.9 Å². The molecule has 2 aromatic carbocycles. The number of amides is 1. The van der Waals surface area contributed by atoms with Crippen molar-refractivity contribution in [2.75, 3.05) is 10.6 Å². The molecule has 0 spiro atoms. The summed E-state index contributed by atoms with van der Waals surface area (Å²) in [5.41, 5.74) is -0.149. The lowest BCUT2D eigenvalue weighted by atomic mass is 9.80. The molecule has 0 unspecified atom stereocenters. The van der Waals surface area contributed by atoms with Crippen molar-refractivity contribution in [1.82, 2.24) is 5.32 Å². The van der Waals surface area contributed by atoms with Crippen LogP contribution in [-0.2, 0) is 0 Å². The predicted octanol–water partition coefficient (Wildman–Crippen LogP) is 4.77. The van der Waals surface area contributed by atoms with Crippen molar-refractivity contribution in [3.05, 3.63) is 72.7 Å². The molecule has 7 nitrogen and oxygen atoms in total. The van der Waals surface area contributed by atoms with E-state index in [-0.39, 0.29) is 34.1 Å². The quantitative estimate of drug-likeness (QED) is 0.446. The van der Waals surface area contributed by atoms with Crippen LogP contribution in [0.4, 0.5) is 21.5 Å². The molecule has 174 valence electrons. The molecule has 1 aliphatic heterocycles. The molecule has 4 rings (SSSR count). The number of hydrogen-bond donors (Lipinski definition) is 3. The van der Waals surface area contributed by atoms with Gasteiger partial charge in [-0.15, -0.1) is 0 Å². The maximum absolute atomic E-state index is 14.7. The molecule has 0 saturated heterocycles. The van der Waals surface area contributed by atoms with E-state index in [0.717, 1.165) is 17.7 Å². The van der Waals surface area contributed by atoms with Crippen molar-refractivity contribution in [3.63, 3.8) is 0 Å². The second kappa shape index (κ2) is 7.86. The zero-order valence-corrected chi connectivity index (χ0v) is 19.6. The number of carbonyl (C=O) groups is 1. The number of halogens is 1. The highest BCUT2D eigenvalue weighted by Crippen LogP contribution is 2.41. The SMILES string of the molecule is CCC(C)(C)[C@@H](Nc1c(Nc2c(F)ccc3c2C(=O)N[C@@H]3C)c(=O)c1=O)c1cc(C)c(C)o1. The van der Waals surface area contributed by atoms with Gasteiger partial charge in [0.2, 0.25) is 0 Å². The average Bonchev–Trinajstić information content (AvgIpc) is 3.25. The third kappa shape index (κ3) is 3.63. The minimum Gasteiger partial charge on any atom is -0.464 e. The van der Waals surface area contributed by atoms with Gasteiger partial charge in [-0.1, -0.05) is 26.8 Å². The van der Waals surface area contributed by atoms with Gasteiger partial charge in [0, 0.05) is 0 Å². The fourth-order valence-corrected chi connectivity index (χ4v) is 4.19. The number of benzene rings is 1. The van der Waals surface area contributed by atoms with Crippen molar-refractivity contribution in [3.8, 4) is 0 Å². The van der Waals surface area contributed by atoms with Crippen LogP contribution in [0.15, 0.2) is 32.2 Å². The molecule has 0 radical (unpaired) electrons. The number of nitrogens with one attached hydrogen (secondary N) is 3. The van der Waals surface area contributed by atoms with Gasteiger partial charge in [0.15, 0.2) is 0 Å². The zero-order chi connectivity index (χ0) is 24.2. The summed E-state index contributed by atoms with van der Waals surface area (Å²) in [6.45, 7) is 11.7. The van der Waals surface area contributed by atoms with E-state index in [1.807, 2.05) is 40.7 Å². The number of hydrogen-bond acceptors (Lipinski definition) is 6. The highest BCUT2D eigenvalue weighted by Gasteiger charge is 2.36. The minimum atomic E-state index is -0.763. The van der Waals surface area contributed by atoms with Gasteiger partial charge in [-0.3, -0.25) is 14.4 Å². The second-order valence-electron chi connectivity index (χ2n) is 9.42. The highest BCUT2D eigenvalue weighted by atomic mass is 19.1. The van der Waals surface area contributed by atoms with E-state index in [0.29, 0.717) is 11.3 Å². The lowest BCUT2D eigenvalue weighted by Gasteiger charge is -2.34. The van der Waals surface area contributed by atoms with Crippen LogP contribution in [0.5, 0.6) is 0 Å². The molecule has 0 bridgehead atoms. The van der Waals surface area contributed by atoms with Gasteiger partial charge >= 0.3 is 0 Å². The summed E-state index contributed by atoms with van der Waals surface area (Å²) in [7, 11) is 0. The molecule has 0 fully saturated rings. The standard InChI is InChI=1S/C25H28FN3O4/c1-7-25(5,6)23(16-10-11(2)13(4)33-16)29-20-19(21(30)22(20)31)28-18-15(26)9-8-14-12(3)27-24(32)17(14)18/h8-10,12,23,28-29H,7H2,1-6H3,(H,27,32)/t12-,23+/m1/s1. The Balaban J connectivity index is 1.75. The molecule has 1 aliphatic rings. The molecular weight excluding hydrogens is 425 g/mol. The van der Waals surface area contributed by atoms with Crippen LogP contribution in [0.3, 0.4) is 0 Å². The van der Waals surface area contributed by atoms with Gasteiger partial charge in [0.25, 0.3) is 16.8 Å². The van der Waals surface area contributed by atoms with Crippen molar-refractivity contribution in [2.24, 2.45) is 5.41 Å². The van der Waals surface area contributed by atoms with E-state index in [1.165, 1.54) is 6.07 Å². The molecule has 1 aromatic heterocycles. The normalized spacial score (nSPS) is 16.6. The molecule has 2 heterocycles. The zero-order valence-electron chi connectivity index (χ0n) is 19.6. The van der Waals surface area contributed by atoms with Crippen molar-refractivity contribution < 1.29 is 13.6 Å².